The molecule has 1 fully saturated rings. The Balaban J connectivity index is 2.05. The van der Waals surface area contributed by atoms with E-state index in [1.807, 2.05) is 12.1 Å². The maximum Gasteiger partial charge on any atom is 0.129 e. The van der Waals surface area contributed by atoms with Crippen molar-refractivity contribution in [1.82, 2.24) is 4.98 Å². The average molecular weight is 263 g/mol. The maximum absolute atomic E-state index is 5.66. The number of hydrogen-bond donors (Lipinski definition) is 1. The summed E-state index contributed by atoms with van der Waals surface area (Å²) in [5, 5.41) is 0. The van der Waals surface area contributed by atoms with Crippen LogP contribution in [0.1, 0.15) is 32.3 Å². The van der Waals surface area contributed by atoms with Gasteiger partial charge in [0.25, 0.3) is 0 Å². The smallest absolute Gasteiger partial charge is 0.129 e. The highest BCUT2D eigenvalue weighted by molar-refractivity contribution is 7.80. The van der Waals surface area contributed by atoms with E-state index in [-0.39, 0.29) is 0 Å². The van der Waals surface area contributed by atoms with Crippen molar-refractivity contribution in [2.24, 2.45) is 17.6 Å². The first kappa shape index (κ1) is 13.3. The molecule has 1 aromatic rings. The van der Waals surface area contributed by atoms with Gasteiger partial charge in [0.2, 0.25) is 0 Å². The van der Waals surface area contributed by atoms with Gasteiger partial charge in [0.15, 0.2) is 0 Å². The van der Waals surface area contributed by atoms with Gasteiger partial charge >= 0.3 is 0 Å². The van der Waals surface area contributed by atoms with Gasteiger partial charge in [-0.2, -0.15) is 0 Å². The molecule has 1 aromatic heterocycles. The molecule has 0 saturated carbocycles. The van der Waals surface area contributed by atoms with Crippen LogP contribution in [-0.4, -0.2) is 23.1 Å². The fourth-order valence-electron chi connectivity index (χ4n) is 2.54. The second-order valence-corrected chi connectivity index (χ2v) is 5.78. The first-order valence-electron chi connectivity index (χ1n) is 6.58. The molecular weight excluding hydrogens is 242 g/mol. The third-order valence-electron chi connectivity index (χ3n) is 3.84. The quantitative estimate of drug-likeness (QED) is 0.851. The number of aromatic nitrogens is 1. The standard InChI is InChI=1S/C14H21N3S/c1-10(2)11-4-7-17(8-5-11)13-9-12(14(15)18)3-6-16-13/h3,6,9-11H,4-5,7-8H2,1-2H3,(H2,15,18). The molecule has 1 aliphatic rings. The van der Waals surface area contributed by atoms with Gasteiger partial charge in [0.05, 0.1) is 0 Å². The number of hydrogen-bond acceptors (Lipinski definition) is 3. The van der Waals surface area contributed by atoms with Crippen molar-refractivity contribution < 1.29 is 0 Å². The van der Waals surface area contributed by atoms with Crippen LogP contribution in [0, 0.1) is 11.8 Å². The van der Waals surface area contributed by atoms with Gasteiger partial charge in [0, 0.05) is 24.8 Å². The minimum atomic E-state index is 0.440. The average Bonchev–Trinajstić information content (AvgIpc) is 2.39. The van der Waals surface area contributed by atoms with Crippen LogP contribution in [0.4, 0.5) is 5.82 Å². The molecule has 0 spiro atoms. The Morgan fingerprint density at radius 3 is 2.67 bits per heavy atom. The van der Waals surface area contributed by atoms with E-state index in [1.54, 1.807) is 6.20 Å². The molecule has 0 bridgehead atoms. The van der Waals surface area contributed by atoms with Crippen molar-refractivity contribution in [3.05, 3.63) is 23.9 Å². The molecule has 0 aromatic carbocycles. The number of nitrogens with zero attached hydrogens (tertiary/aromatic N) is 2. The van der Waals surface area contributed by atoms with Gasteiger partial charge in [-0.15, -0.1) is 0 Å². The van der Waals surface area contributed by atoms with E-state index in [9.17, 15) is 0 Å². The molecule has 4 heteroatoms. The van der Waals surface area contributed by atoms with Crippen LogP contribution >= 0.6 is 12.2 Å². The van der Waals surface area contributed by atoms with Crippen LogP contribution < -0.4 is 10.6 Å². The van der Waals surface area contributed by atoms with Gasteiger partial charge in [0.1, 0.15) is 10.8 Å². The number of piperidine rings is 1. The number of thiocarbonyl (C=S) groups is 1. The molecule has 0 atom stereocenters. The molecule has 1 saturated heterocycles. The van der Waals surface area contributed by atoms with E-state index >= 15 is 0 Å². The van der Waals surface area contributed by atoms with Crippen LogP contribution in [0.25, 0.3) is 0 Å². The van der Waals surface area contributed by atoms with Crippen LogP contribution in [0.15, 0.2) is 18.3 Å². The normalized spacial score (nSPS) is 17.2. The van der Waals surface area contributed by atoms with Crippen molar-refractivity contribution in [3.8, 4) is 0 Å². The summed E-state index contributed by atoms with van der Waals surface area (Å²) >= 11 is 5.01. The van der Waals surface area contributed by atoms with Crippen LogP contribution in [0.5, 0.6) is 0 Å². The monoisotopic (exact) mass is 263 g/mol. The second kappa shape index (κ2) is 5.65. The Bertz CT molecular complexity index is 423. The summed E-state index contributed by atoms with van der Waals surface area (Å²) in [5.41, 5.74) is 6.56. The molecule has 98 valence electrons. The Kier molecular flexibility index (Phi) is 4.17. The first-order valence-corrected chi connectivity index (χ1v) is 6.99. The van der Waals surface area contributed by atoms with E-state index in [0.717, 1.165) is 36.3 Å². The van der Waals surface area contributed by atoms with E-state index in [2.05, 4.69) is 23.7 Å². The molecule has 0 amide bonds. The summed E-state index contributed by atoms with van der Waals surface area (Å²) in [5.74, 6) is 2.63. The van der Waals surface area contributed by atoms with Crippen molar-refractivity contribution in [2.45, 2.75) is 26.7 Å². The van der Waals surface area contributed by atoms with E-state index < -0.39 is 0 Å². The molecule has 3 nitrogen and oxygen atoms in total. The van der Waals surface area contributed by atoms with Crippen molar-refractivity contribution in [1.29, 1.82) is 0 Å². The third-order valence-corrected chi connectivity index (χ3v) is 4.07. The lowest BCUT2D eigenvalue weighted by Crippen LogP contribution is -2.35. The van der Waals surface area contributed by atoms with Crippen molar-refractivity contribution >= 4 is 23.0 Å². The van der Waals surface area contributed by atoms with Gasteiger partial charge < -0.3 is 10.6 Å². The fourth-order valence-corrected chi connectivity index (χ4v) is 2.67. The highest BCUT2D eigenvalue weighted by Gasteiger charge is 2.22. The number of rotatable bonds is 3. The lowest BCUT2D eigenvalue weighted by atomic mass is 9.87. The number of nitrogens with two attached hydrogens (primary N) is 1. The Hall–Kier alpha value is -1.16. The molecular formula is C14H21N3S. The lowest BCUT2D eigenvalue weighted by molar-refractivity contribution is 0.310. The van der Waals surface area contributed by atoms with Gasteiger partial charge in [-0.25, -0.2) is 4.98 Å². The van der Waals surface area contributed by atoms with E-state index in [4.69, 9.17) is 18.0 Å². The van der Waals surface area contributed by atoms with Crippen LogP contribution in [0.3, 0.4) is 0 Å². The highest BCUT2D eigenvalue weighted by atomic mass is 32.1. The SMILES string of the molecule is CC(C)C1CCN(c2cc(C(N)=S)ccn2)CC1. The van der Waals surface area contributed by atoms with Gasteiger partial charge in [-0.1, -0.05) is 26.1 Å². The summed E-state index contributed by atoms with van der Waals surface area (Å²) in [4.78, 5) is 7.20. The zero-order valence-electron chi connectivity index (χ0n) is 11.1. The number of anilines is 1. The maximum atomic E-state index is 5.66. The molecule has 0 aliphatic carbocycles. The Morgan fingerprint density at radius 1 is 1.44 bits per heavy atom. The molecule has 2 rings (SSSR count). The Labute approximate surface area is 114 Å². The number of pyridine rings is 1. The predicted octanol–water partition coefficient (Wildman–Crippen LogP) is 2.59. The van der Waals surface area contributed by atoms with Crippen molar-refractivity contribution in [3.63, 3.8) is 0 Å². The zero-order valence-corrected chi connectivity index (χ0v) is 11.9. The molecule has 18 heavy (non-hydrogen) atoms. The zero-order chi connectivity index (χ0) is 13.1. The van der Waals surface area contributed by atoms with Crippen LogP contribution in [0.2, 0.25) is 0 Å². The predicted molar refractivity (Wildman–Crippen MR) is 79.9 cm³/mol. The summed E-state index contributed by atoms with van der Waals surface area (Å²) in [6.07, 6.45) is 4.28. The van der Waals surface area contributed by atoms with E-state index in [0.29, 0.717) is 4.99 Å². The fraction of sp³-hybridized carbons (Fsp3) is 0.571. The molecule has 0 unspecified atom stereocenters. The van der Waals surface area contributed by atoms with Gasteiger partial charge in [-0.3, -0.25) is 0 Å². The minimum absolute atomic E-state index is 0.440. The highest BCUT2D eigenvalue weighted by Crippen LogP contribution is 2.27. The topological polar surface area (TPSA) is 42.1 Å². The second-order valence-electron chi connectivity index (χ2n) is 5.34. The van der Waals surface area contributed by atoms with E-state index in [1.165, 1.54) is 12.8 Å². The van der Waals surface area contributed by atoms with Gasteiger partial charge in [-0.05, 0) is 36.8 Å². The third kappa shape index (κ3) is 2.99. The minimum Gasteiger partial charge on any atom is -0.389 e. The summed E-state index contributed by atoms with van der Waals surface area (Å²) in [7, 11) is 0. The summed E-state index contributed by atoms with van der Waals surface area (Å²) in [6.45, 7) is 6.78. The van der Waals surface area contributed by atoms with Crippen LogP contribution in [-0.2, 0) is 0 Å². The molecule has 2 N–H and O–H groups in total. The van der Waals surface area contributed by atoms with Crippen molar-refractivity contribution in [2.75, 3.05) is 18.0 Å². The lowest BCUT2D eigenvalue weighted by Gasteiger charge is -2.34. The Morgan fingerprint density at radius 2 is 2.11 bits per heavy atom. The molecule has 0 radical (unpaired) electrons. The summed E-state index contributed by atoms with van der Waals surface area (Å²) < 4.78 is 0. The first-order chi connectivity index (χ1) is 8.58. The largest absolute Gasteiger partial charge is 0.389 e. The summed E-state index contributed by atoms with van der Waals surface area (Å²) in [6, 6.07) is 3.87. The molecule has 2 heterocycles. The molecule has 1 aliphatic heterocycles.